The molecule has 3 aliphatic heterocycles. The van der Waals surface area contributed by atoms with Crippen molar-refractivity contribution < 1.29 is 4.79 Å². The van der Waals surface area contributed by atoms with Gasteiger partial charge in [0, 0.05) is 45.0 Å². The van der Waals surface area contributed by atoms with E-state index in [2.05, 4.69) is 24.7 Å². The molecule has 0 aliphatic carbocycles. The highest BCUT2D eigenvalue weighted by molar-refractivity contribution is 5.80. The smallest absolute Gasteiger partial charge is 0.225 e. The predicted molar refractivity (Wildman–Crippen MR) is 92.8 cm³/mol. The highest BCUT2D eigenvalue weighted by atomic mass is 16.2. The molecule has 0 aromatic carbocycles. The average molecular weight is 329 g/mol. The van der Waals surface area contributed by atoms with E-state index in [1.165, 1.54) is 25.9 Å². The van der Waals surface area contributed by atoms with Gasteiger partial charge in [-0.05, 0) is 51.3 Å². The molecule has 3 fully saturated rings. The Morgan fingerprint density at radius 2 is 1.79 bits per heavy atom. The van der Waals surface area contributed by atoms with E-state index in [0.717, 1.165) is 51.4 Å². The molecular formula is C18H27N5O. The fourth-order valence-corrected chi connectivity index (χ4v) is 4.65. The van der Waals surface area contributed by atoms with Crippen molar-refractivity contribution in [3.63, 3.8) is 0 Å². The Morgan fingerprint density at radius 3 is 2.58 bits per heavy atom. The monoisotopic (exact) mass is 329 g/mol. The van der Waals surface area contributed by atoms with Gasteiger partial charge >= 0.3 is 0 Å². The Hall–Kier alpha value is -1.69. The van der Waals surface area contributed by atoms with Gasteiger partial charge in [-0.3, -0.25) is 4.79 Å². The van der Waals surface area contributed by atoms with Crippen molar-refractivity contribution in [3.8, 4) is 0 Å². The van der Waals surface area contributed by atoms with Crippen LogP contribution in [-0.2, 0) is 4.79 Å². The molecule has 24 heavy (non-hydrogen) atoms. The highest BCUT2D eigenvalue weighted by Gasteiger charge is 2.47. The molecule has 0 bridgehead atoms. The van der Waals surface area contributed by atoms with Crippen LogP contribution in [0.15, 0.2) is 18.5 Å². The van der Waals surface area contributed by atoms with Crippen LogP contribution in [0.4, 0.5) is 5.95 Å². The zero-order chi connectivity index (χ0) is 16.4. The lowest BCUT2D eigenvalue weighted by Gasteiger charge is -2.46. The van der Waals surface area contributed by atoms with Crippen LogP contribution in [-0.4, -0.2) is 70.5 Å². The van der Waals surface area contributed by atoms with Crippen LogP contribution in [0.1, 0.15) is 38.5 Å². The van der Waals surface area contributed by atoms with E-state index in [0.29, 0.717) is 12.3 Å². The van der Waals surface area contributed by atoms with Crippen LogP contribution >= 0.6 is 0 Å². The Balaban J connectivity index is 1.47. The van der Waals surface area contributed by atoms with Crippen LogP contribution < -0.4 is 4.90 Å². The fourth-order valence-electron chi connectivity index (χ4n) is 4.65. The third-order valence-corrected chi connectivity index (χ3v) is 5.91. The second kappa shape index (κ2) is 6.67. The van der Waals surface area contributed by atoms with Gasteiger partial charge in [0.05, 0.1) is 5.54 Å². The first kappa shape index (κ1) is 15.8. The van der Waals surface area contributed by atoms with E-state index in [1.54, 1.807) is 12.4 Å². The minimum atomic E-state index is -0.00570. The van der Waals surface area contributed by atoms with Crippen LogP contribution in [0, 0.1) is 0 Å². The molecule has 1 aromatic heterocycles. The summed E-state index contributed by atoms with van der Waals surface area (Å²) in [5.74, 6) is 1.14. The molecule has 4 rings (SSSR count). The second-order valence-electron chi connectivity index (χ2n) is 7.39. The first-order valence-corrected chi connectivity index (χ1v) is 9.32. The van der Waals surface area contributed by atoms with E-state index < -0.39 is 0 Å². The maximum Gasteiger partial charge on any atom is 0.225 e. The maximum atomic E-state index is 12.6. The van der Waals surface area contributed by atoms with Gasteiger partial charge in [-0.2, -0.15) is 0 Å². The van der Waals surface area contributed by atoms with Crippen molar-refractivity contribution in [3.05, 3.63) is 18.5 Å². The molecule has 1 atom stereocenters. The standard InChI is InChI=1S/C18H27N5O/c24-16-5-7-18(23(16)14-13-21-10-1-2-11-21)6-3-12-22(15-18)17-19-8-4-9-20-17/h4,8-9H,1-3,5-7,10-15H2/t18-/m0/s1. The molecule has 0 unspecified atom stereocenters. The molecule has 1 amide bonds. The van der Waals surface area contributed by atoms with Gasteiger partial charge in [0.1, 0.15) is 0 Å². The lowest BCUT2D eigenvalue weighted by Crippen LogP contribution is -2.58. The fraction of sp³-hybridized carbons (Fsp3) is 0.722. The number of nitrogens with zero attached hydrogens (tertiary/aromatic N) is 5. The summed E-state index contributed by atoms with van der Waals surface area (Å²) in [6.07, 6.45) is 10.1. The van der Waals surface area contributed by atoms with Gasteiger partial charge in [0.2, 0.25) is 11.9 Å². The summed E-state index contributed by atoms with van der Waals surface area (Å²) in [4.78, 5) is 28.3. The maximum absolute atomic E-state index is 12.6. The molecule has 1 aromatic rings. The molecule has 0 N–H and O–H groups in total. The minimum absolute atomic E-state index is 0.00570. The van der Waals surface area contributed by atoms with E-state index >= 15 is 0 Å². The molecule has 4 heterocycles. The summed E-state index contributed by atoms with van der Waals surface area (Å²) >= 11 is 0. The normalized spacial score (nSPS) is 28.2. The third kappa shape index (κ3) is 2.99. The predicted octanol–water partition coefficient (Wildman–Crippen LogP) is 1.53. The molecule has 3 aliphatic rings. The first-order valence-electron chi connectivity index (χ1n) is 9.32. The summed E-state index contributed by atoms with van der Waals surface area (Å²) in [5, 5.41) is 0. The Bertz CT molecular complexity index is 574. The van der Waals surface area contributed by atoms with Gasteiger partial charge in [-0.1, -0.05) is 0 Å². The number of piperidine rings is 1. The van der Waals surface area contributed by atoms with Crippen LogP contribution in [0.3, 0.4) is 0 Å². The van der Waals surface area contributed by atoms with Gasteiger partial charge in [0.25, 0.3) is 0 Å². The Labute approximate surface area is 143 Å². The molecule has 3 saturated heterocycles. The van der Waals surface area contributed by atoms with Crippen molar-refractivity contribution in [2.75, 3.05) is 44.2 Å². The number of rotatable bonds is 4. The lowest BCUT2D eigenvalue weighted by atomic mass is 9.86. The van der Waals surface area contributed by atoms with Crippen LogP contribution in [0.2, 0.25) is 0 Å². The molecule has 6 nitrogen and oxygen atoms in total. The molecule has 130 valence electrons. The first-order chi connectivity index (χ1) is 11.8. The van der Waals surface area contributed by atoms with Gasteiger partial charge in [-0.25, -0.2) is 9.97 Å². The van der Waals surface area contributed by atoms with Crippen molar-refractivity contribution in [1.82, 2.24) is 19.8 Å². The molecular weight excluding hydrogens is 302 g/mol. The van der Waals surface area contributed by atoms with Gasteiger partial charge < -0.3 is 14.7 Å². The molecule has 6 heteroatoms. The zero-order valence-electron chi connectivity index (χ0n) is 14.4. The van der Waals surface area contributed by atoms with Crippen molar-refractivity contribution >= 4 is 11.9 Å². The van der Waals surface area contributed by atoms with E-state index in [-0.39, 0.29) is 5.54 Å². The highest BCUT2D eigenvalue weighted by Crippen LogP contribution is 2.38. The zero-order valence-corrected chi connectivity index (χ0v) is 14.4. The van der Waals surface area contributed by atoms with Crippen molar-refractivity contribution in [2.24, 2.45) is 0 Å². The van der Waals surface area contributed by atoms with E-state index in [1.807, 2.05) is 6.07 Å². The number of carbonyl (C=O) groups excluding carboxylic acids is 1. The van der Waals surface area contributed by atoms with Crippen molar-refractivity contribution in [1.29, 1.82) is 0 Å². The summed E-state index contributed by atoms with van der Waals surface area (Å²) < 4.78 is 0. The quantitative estimate of drug-likeness (QED) is 0.838. The third-order valence-electron chi connectivity index (χ3n) is 5.91. The largest absolute Gasteiger partial charge is 0.338 e. The van der Waals surface area contributed by atoms with Gasteiger partial charge in [0.15, 0.2) is 0 Å². The number of hydrogen-bond donors (Lipinski definition) is 0. The summed E-state index contributed by atoms with van der Waals surface area (Å²) in [6.45, 7) is 6.15. The molecule has 1 spiro atoms. The summed E-state index contributed by atoms with van der Waals surface area (Å²) in [7, 11) is 0. The van der Waals surface area contributed by atoms with Crippen LogP contribution in [0.25, 0.3) is 0 Å². The summed E-state index contributed by atoms with van der Waals surface area (Å²) in [6, 6.07) is 1.85. The van der Waals surface area contributed by atoms with Crippen LogP contribution in [0.5, 0.6) is 0 Å². The topological polar surface area (TPSA) is 52.6 Å². The summed E-state index contributed by atoms with van der Waals surface area (Å²) in [5.41, 5.74) is -0.00570. The molecule has 0 radical (unpaired) electrons. The minimum Gasteiger partial charge on any atom is -0.338 e. The number of carbonyl (C=O) groups is 1. The van der Waals surface area contributed by atoms with E-state index in [4.69, 9.17) is 0 Å². The van der Waals surface area contributed by atoms with E-state index in [9.17, 15) is 4.79 Å². The number of hydrogen-bond acceptors (Lipinski definition) is 5. The van der Waals surface area contributed by atoms with Gasteiger partial charge in [-0.15, -0.1) is 0 Å². The number of anilines is 1. The van der Waals surface area contributed by atoms with Crippen molar-refractivity contribution in [2.45, 2.75) is 44.1 Å². The second-order valence-corrected chi connectivity index (χ2v) is 7.39. The molecule has 0 saturated carbocycles. The lowest BCUT2D eigenvalue weighted by molar-refractivity contribution is -0.131. The number of amides is 1. The number of likely N-dealkylation sites (tertiary alicyclic amines) is 2. The SMILES string of the molecule is O=C1CC[C@]2(CCCN(c3ncccn3)C2)N1CCN1CCCC1. The number of aromatic nitrogens is 2. The Morgan fingerprint density at radius 1 is 1.00 bits per heavy atom. The Kier molecular flexibility index (Phi) is 4.39. The average Bonchev–Trinajstić information content (AvgIpc) is 3.24.